The van der Waals surface area contributed by atoms with Gasteiger partial charge in [0.1, 0.15) is 0 Å². The Bertz CT molecular complexity index is 371. The van der Waals surface area contributed by atoms with E-state index in [2.05, 4.69) is 0 Å². The standard InChI is InChI=1S/C9H10F3N.C2H4O2/c1-6(13)7-3-2-4-8(5-7)9(10,11)12;1-2(3)4/h2-6H,13H2,1H3;1H3,(H,3,4)/t6-;/m0./s1. The first-order valence-electron chi connectivity index (χ1n) is 4.77. The van der Waals surface area contributed by atoms with Gasteiger partial charge in [-0.2, -0.15) is 13.2 Å². The normalized spacial score (nSPS) is 12.4. The fraction of sp³-hybridized carbons (Fsp3) is 0.364. The maximum absolute atomic E-state index is 12.2. The number of benzene rings is 1. The van der Waals surface area contributed by atoms with Crippen LogP contribution in [0.5, 0.6) is 0 Å². The van der Waals surface area contributed by atoms with Crippen LogP contribution in [0.3, 0.4) is 0 Å². The molecule has 3 nitrogen and oxygen atoms in total. The highest BCUT2D eigenvalue weighted by Gasteiger charge is 2.30. The number of carboxylic acids is 1. The van der Waals surface area contributed by atoms with Crippen LogP contribution in [0, 0.1) is 0 Å². The lowest BCUT2D eigenvalue weighted by Crippen LogP contribution is -2.09. The minimum atomic E-state index is -4.29. The van der Waals surface area contributed by atoms with Crippen molar-refractivity contribution in [3.05, 3.63) is 35.4 Å². The summed E-state index contributed by atoms with van der Waals surface area (Å²) in [5.74, 6) is -0.833. The maximum atomic E-state index is 12.2. The van der Waals surface area contributed by atoms with Crippen molar-refractivity contribution in [1.82, 2.24) is 0 Å². The number of rotatable bonds is 1. The van der Waals surface area contributed by atoms with Gasteiger partial charge in [-0.3, -0.25) is 4.79 Å². The van der Waals surface area contributed by atoms with Gasteiger partial charge in [-0.15, -0.1) is 0 Å². The highest BCUT2D eigenvalue weighted by Crippen LogP contribution is 2.30. The molecule has 0 spiro atoms. The van der Waals surface area contributed by atoms with E-state index < -0.39 is 17.7 Å². The third-order valence-corrected chi connectivity index (χ3v) is 1.74. The fourth-order valence-corrected chi connectivity index (χ4v) is 0.998. The van der Waals surface area contributed by atoms with Gasteiger partial charge in [0.25, 0.3) is 5.97 Å². The van der Waals surface area contributed by atoms with E-state index in [1.54, 1.807) is 13.0 Å². The first kappa shape index (κ1) is 15.4. The number of carboxylic acid groups (broad SMARTS) is 1. The van der Waals surface area contributed by atoms with E-state index in [0.717, 1.165) is 19.1 Å². The summed E-state index contributed by atoms with van der Waals surface area (Å²) in [5, 5.41) is 7.42. The molecule has 0 aliphatic heterocycles. The maximum Gasteiger partial charge on any atom is 0.416 e. The van der Waals surface area contributed by atoms with E-state index in [1.807, 2.05) is 0 Å². The smallest absolute Gasteiger partial charge is 0.416 e. The van der Waals surface area contributed by atoms with Gasteiger partial charge in [-0.25, -0.2) is 0 Å². The number of nitrogens with two attached hydrogens (primary N) is 1. The van der Waals surface area contributed by atoms with E-state index >= 15 is 0 Å². The molecule has 0 amide bonds. The van der Waals surface area contributed by atoms with Gasteiger partial charge in [0.2, 0.25) is 0 Å². The van der Waals surface area contributed by atoms with Crippen molar-refractivity contribution in [2.24, 2.45) is 5.73 Å². The Hall–Kier alpha value is -1.56. The average molecular weight is 249 g/mol. The molecule has 6 heteroatoms. The van der Waals surface area contributed by atoms with Crippen LogP contribution in [-0.4, -0.2) is 11.1 Å². The van der Waals surface area contributed by atoms with Crippen LogP contribution in [0.1, 0.15) is 31.0 Å². The van der Waals surface area contributed by atoms with Gasteiger partial charge in [-0.05, 0) is 24.6 Å². The summed E-state index contributed by atoms with van der Waals surface area (Å²) >= 11 is 0. The summed E-state index contributed by atoms with van der Waals surface area (Å²) < 4.78 is 36.6. The largest absolute Gasteiger partial charge is 0.481 e. The second-order valence-electron chi connectivity index (χ2n) is 3.43. The van der Waals surface area contributed by atoms with Crippen LogP contribution in [0.2, 0.25) is 0 Å². The quantitative estimate of drug-likeness (QED) is 0.804. The highest BCUT2D eigenvalue weighted by molar-refractivity contribution is 5.62. The first-order valence-corrected chi connectivity index (χ1v) is 4.77. The summed E-state index contributed by atoms with van der Waals surface area (Å²) in [5.41, 5.74) is 5.30. The van der Waals surface area contributed by atoms with E-state index in [4.69, 9.17) is 15.6 Å². The Morgan fingerprint density at radius 3 is 2.24 bits per heavy atom. The summed E-state index contributed by atoms with van der Waals surface area (Å²) in [6, 6.07) is 4.68. The predicted octanol–water partition coefficient (Wildman–Crippen LogP) is 2.82. The second-order valence-corrected chi connectivity index (χ2v) is 3.43. The third-order valence-electron chi connectivity index (χ3n) is 1.74. The summed E-state index contributed by atoms with van der Waals surface area (Å²) in [6.45, 7) is 2.73. The number of alkyl halides is 3. The predicted molar refractivity (Wildman–Crippen MR) is 57.4 cm³/mol. The van der Waals surface area contributed by atoms with E-state index in [0.29, 0.717) is 5.56 Å². The molecule has 1 aromatic rings. The van der Waals surface area contributed by atoms with Gasteiger partial charge < -0.3 is 10.8 Å². The van der Waals surface area contributed by atoms with Crippen LogP contribution in [0.4, 0.5) is 13.2 Å². The van der Waals surface area contributed by atoms with E-state index in [9.17, 15) is 13.2 Å². The average Bonchev–Trinajstić information content (AvgIpc) is 2.15. The van der Waals surface area contributed by atoms with Crippen LogP contribution >= 0.6 is 0 Å². The molecule has 3 N–H and O–H groups in total. The van der Waals surface area contributed by atoms with Gasteiger partial charge in [0.15, 0.2) is 0 Å². The molecular formula is C11H14F3NO2. The van der Waals surface area contributed by atoms with Gasteiger partial charge >= 0.3 is 6.18 Å². The zero-order chi connectivity index (χ0) is 13.6. The zero-order valence-electron chi connectivity index (χ0n) is 9.45. The molecule has 0 bridgehead atoms. The lowest BCUT2D eigenvalue weighted by molar-refractivity contribution is -0.137. The Balaban J connectivity index is 0.000000557. The molecular weight excluding hydrogens is 235 g/mol. The number of carbonyl (C=O) groups is 1. The zero-order valence-corrected chi connectivity index (χ0v) is 9.45. The van der Waals surface area contributed by atoms with Gasteiger partial charge in [0.05, 0.1) is 5.56 Å². The monoisotopic (exact) mass is 249 g/mol. The summed E-state index contributed by atoms with van der Waals surface area (Å²) in [7, 11) is 0. The molecule has 0 aromatic heterocycles. The van der Waals surface area contributed by atoms with Crippen molar-refractivity contribution in [3.63, 3.8) is 0 Å². The Labute approximate surface area is 97.1 Å². The van der Waals surface area contributed by atoms with Crippen LogP contribution in [-0.2, 0) is 11.0 Å². The molecule has 0 saturated carbocycles. The van der Waals surface area contributed by atoms with Crippen molar-refractivity contribution in [2.45, 2.75) is 26.1 Å². The molecule has 17 heavy (non-hydrogen) atoms. The molecule has 0 aliphatic rings. The lowest BCUT2D eigenvalue weighted by atomic mass is 10.1. The molecule has 0 fully saturated rings. The molecule has 0 saturated heterocycles. The van der Waals surface area contributed by atoms with Crippen LogP contribution in [0.15, 0.2) is 24.3 Å². The third kappa shape index (κ3) is 6.57. The van der Waals surface area contributed by atoms with Crippen LogP contribution < -0.4 is 5.73 Å². The van der Waals surface area contributed by atoms with E-state index in [-0.39, 0.29) is 6.04 Å². The molecule has 1 atom stereocenters. The molecule has 0 aliphatic carbocycles. The minimum Gasteiger partial charge on any atom is -0.481 e. The van der Waals surface area contributed by atoms with Crippen LogP contribution in [0.25, 0.3) is 0 Å². The highest BCUT2D eigenvalue weighted by atomic mass is 19.4. The molecule has 1 rings (SSSR count). The van der Waals surface area contributed by atoms with Crippen molar-refractivity contribution in [3.8, 4) is 0 Å². The molecule has 96 valence electrons. The van der Waals surface area contributed by atoms with E-state index in [1.165, 1.54) is 6.07 Å². The summed E-state index contributed by atoms with van der Waals surface area (Å²) in [4.78, 5) is 9.00. The van der Waals surface area contributed by atoms with Crippen molar-refractivity contribution >= 4 is 5.97 Å². The Morgan fingerprint density at radius 2 is 1.88 bits per heavy atom. The van der Waals surface area contributed by atoms with Gasteiger partial charge in [0, 0.05) is 13.0 Å². The molecule has 0 unspecified atom stereocenters. The molecule has 0 radical (unpaired) electrons. The number of halogens is 3. The number of aliphatic carboxylic acids is 1. The second kappa shape index (κ2) is 6.24. The van der Waals surface area contributed by atoms with Crippen molar-refractivity contribution in [1.29, 1.82) is 0 Å². The summed E-state index contributed by atoms with van der Waals surface area (Å²) in [6.07, 6.45) is -4.29. The van der Waals surface area contributed by atoms with Crippen molar-refractivity contribution < 1.29 is 23.1 Å². The fourth-order valence-electron chi connectivity index (χ4n) is 0.998. The molecule has 1 aromatic carbocycles. The number of hydrogen-bond donors (Lipinski definition) is 2. The SMILES string of the molecule is CC(=O)O.C[C@H](N)c1cccc(C(F)(F)F)c1. The lowest BCUT2D eigenvalue weighted by Gasteiger charge is -2.10. The van der Waals surface area contributed by atoms with Crippen molar-refractivity contribution in [2.75, 3.05) is 0 Å². The first-order chi connectivity index (χ1) is 7.64. The number of hydrogen-bond acceptors (Lipinski definition) is 2. The Morgan fingerprint density at radius 1 is 1.41 bits per heavy atom. The molecule has 0 heterocycles. The topological polar surface area (TPSA) is 63.3 Å². The minimum absolute atomic E-state index is 0.373. The Kier molecular flexibility index (Phi) is 5.67. The van der Waals surface area contributed by atoms with Gasteiger partial charge in [-0.1, -0.05) is 12.1 Å².